The predicted octanol–water partition coefficient (Wildman–Crippen LogP) is 19.4. The highest BCUT2D eigenvalue weighted by atomic mass is 16.6. The van der Waals surface area contributed by atoms with Crippen LogP contribution >= 0.6 is 0 Å². The number of benzene rings is 7. The van der Waals surface area contributed by atoms with Crippen molar-refractivity contribution in [3.63, 3.8) is 0 Å². The first-order valence-electron chi connectivity index (χ1n) is 33.0. The van der Waals surface area contributed by atoms with Crippen LogP contribution < -0.4 is 14.2 Å². The van der Waals surface area contributed by atoms with Gasteiger partial charge in [0.05, 0.1) is 33.8 Å². The normalized spacial score (nSPS) is 11.4. The Morgan fingerprint density at radius 2 is 0.589 bits per heavy atom. The van der Waals surface area contributed by atoms with Crippen LogP contribution in [0.3, 0.4) is 0 Å². The lowest BCUT2D eigenvalue weighted by Crippen LogP contribution is -2.16. The number of nitrogens with zero attached hydrogens (tertiary/aromatic N) is 3. The molecule has 0 aromatic heterocycles. The molecule has 7 aromatic carbocycles. The highest BCUT2D eigenvalue weighted by Crippen LogP contribution is 2.37. The van der Waals surface area contributed by atoms with Gasteiger partial charge < -0.3 is 28.4 Å². The van der Waals surface area contributed by atoms with E-state index in [9.17, 15) is 14.4 Å². The van der Waals surface area contributed by atoms with Gasteiger partial charge >= 0.3 is 17.9 Å². The fourth-order valence-electron chi connectivity index (χ4n) is 10.1. The van der Waals surface area contributed by atoms with Crippen LogP contribution in [0.15, 0.2) is 179 Å². The molecule has 0 atom stereocenters. The maximum absolute atomic E-state index is 13.2. The van der Waals surface area contributed by atoms with Gasteiger partial charge in [0, 0.05) is 18.6 Å². The summed E-state index contributed by atoms with van der Waals surface area (Å²) in [5.74, 6) is -0.700. The first-order chi connectivity index (χ1) is 44.3. The zero-order chi connectivity index (χ0) is 63.1. The molecule has 0 N–H and O–H groups in total. The Kier molecular flexibility index (Phi) is 31.2. The number of esters is 3. The fraction of sp³-hybridized carbons (Fsp3) is 0.385. The molecule has 0 bridgehead atoms. The minimum Gasteiger partial charge on any atom is -0.486 e. The molecule has 0 heterocycles. The van der Waals surface area contributed by atoms with E-state index in [4.69, 9.17) is 28.4 Å². The number of ether oxygens (including phenoxy) is 6. The molecule has 0 aliphatic rings. The third-order valence-electron chi connectivity index (χ3n) is 15.4. The van der Waals surface area contributed by atoms with Crippen molar-refractivity contribution in [1.82, 2.24) is 0 Å². The molecule has 0 amide bonds. The van der Waals surface area contributed by atoms with E-state index in [0.29, 0.717) is 28.2 Å². The van der Waals surface area contributed by atoms with Gasteiger partial charge in [-0.05, 0) is 157 Å². The van der Waals surface area contributed by atoms with Crippen LogP contribution in [0.4, 0.5) is 17.1 Å². The Labute approximate surface area is 535 Å². The maximum atomic E-state index is 13.2. The summed E-state index contributed by atoms with van der Waals surface area (Å²) in [6, 6.07) is 51.4. The van der Waals surface area contributed by atoms with Gasteiger partial charge in [-0.25, -0.2) is 14.4 Å². The van der Waals surface area contributed by atoms with Gasteiger partial charge in [-0.1, -0.05) is 196 Å². The highest BCUT2D eigenvalue weighted by Gasteiger charge is 2.16. The van der Waals surface area contributed by atoms with E-state index in [0.717, 1.165) is 53.0 Å². The molecule has 0 aliphatic heterocycles. The molecule has 0 saturated heterocycles. The summed E-state index contributed by atoms with van der Waals surface area (Å²) in [6.07, 6.45) is 31.6. The molecule has 7 rings (SSSR count). The Balaban J connectivity index is 0.885. The Morgan fingerprint density at radius 3 is 0.889 bits per heavy atom. The Morgan fingerprint density at radius 1 is 0.311 bits per heavy atom. The summed E-state index contributed by atoms with van der Waals surface area (Å²) in [6.45, 7) is 6.44. The molecule has 0 aliphatic carbocycles. The van der Waals surface area contributed by atoms with Crippen molar-refractivity contribution in [2.24, 2.45) is 15.0 Å². The van der Waals surface area contributed by atoms with Crippen molar-refractivity contribution >= 4 is 53.6 Å². The minimum absolute atomic E-state index is 0.00989. The molecular formula is C78H93N3O9. The van der Waals surface area contributed by atoms with Gasteiger partial charge in [-0.15, -0.1) is 0 Å². The summed E-state index contributed by atoms with van der Waals surface area (Å²) >= 11 is 0. The van der Waals surface area contributed by atoms with E-state index < -0.39 is 17.9 Å². The maximum Gasteiger partial charge on any atom is 0.338 e. The molecule has 0 fully saturated rings. The molecule has 0 spiro atoms. The molecule has 0 unspecified atom stereocenters. The topological polar surface area (TPSA) is 144 Å². The van der Waals surface area contributed by atoms with Crippen LogP contribution in [-0.2, 0) is 33.5 Å². The van der Waals surface area contributed by atoms with Crippen molar-refractivity contribution in [1.29, 1.82) is 0 Å². The number of unbranched alkanes of at least 4 members (excludes halogenated alkanes) is 15. The van der Waals surface area contributed by atoms with Crippen LogP contribution in [0.5, 0.6) is 17.2 Å². The average Bonchev–Trinajstić information content (AvgIpc) is 2.34. The van der Waals surface area contributed by atoms with E-state index in [2.05, 4.69) is 72.1 Å². The molecular weight excluding hydrogens is 1120 g/mol. The molecule has 0 saturated carbocycles. The third-order valence-corrected chi connectivity index (χ3v) is 15.4. The number of carbonyl (C=O) groups excluding carboxylic acids is 3. The lowest BCUT2D eigenvalue weighted by atomic mass is 10.0. The number of carbonyl (C=O) groups is 3. The highest BCUT2D eigenvalue weighted by molar-refractivity contribution is 5.92. The number of rotatable bonds is 42. The summed E-state index contributed by atoms with van der Waals surface area (Å²) in [5.41, 5.74) is 10.3. The monoisotopic (exact) mass is 1220 g/mol. The van der Waals surface area contributed by atoms with Crippen molar-refractivity contribution in [3.05, 3.63) is 214 Å². The number of para-hydroxylation sites is 1. The van der Waals surface area contributed by atoms with Crippen molar-refractivity contribution in [2.75, 3.05) is 39.6 Å². The first kappa shape index (κ1) is 68.8. The van der Waals surface area contributed by atoms with Gasteiger partial charge in [0.2, 0.25) is 5.75 Å². The molecule has 474 valence electrons. The zero-order valence-electron chi connectivity index (χ0n) is 53.4. The first-order valence-corrected chi connectivity index (χ1v) is 33.0. The van der Waals surface area contributed by atoms with Crippen LogP contribution in [-0.4, -0.2) is 76.2 Å². The summed E-state index contributed by atoms with van der Waals surface area (Å²) < 4.78 is 35.2. The number of aryl methyl sites for hydroxylation is 3. The van der Waals surface area contributed by atoms with Crippen molar-refractivity contribution < 1.29 is 42.8 Å². The van der Waals surface area contributed by atoms with Gasteiger partial charge in [0.25, 0.3) is 0 Å². The lowest BCUT2D eigenvalue weighted by Gasteiger charge is -2.17. The quantitative estimate of drug-likeness (QED) is 0.0158. The second kappa shape index (κ2) is 40.8. The van der Waals surface area contributed by atoms with E-state index >= 15 is 0 Å². The van der Waals surface area contributed by atoms with Crippen molar-refractivity contribution in [3.8, 4) is 17.2 Å². The molecule has 90 heavy (non-hydrogen) atoms. The SMILES string of the molecule is CCCCCCCCc1ccc(N=Cc2ccc(C(=O)OCCOc3cccc(OCCOC(=O)c4ccc(C=Nc5ccc(CCCCCCCC)cc5)cc4)c3OCCOC(=O)c3ccc(C=Nc4ccc(CCCCCCCC)cc4)cc3)cc2)cc1. The summed E-state index contributed by atoms with van der Waals surface area (Å²) in [5, 5.41) is 0. The largest absolute Gasteiger partial charge is 0.486 e. The van der Waals surface area contributed by atoms with Crippen LogP contribution in [0.1, 0.15) is 201 Å². The Hall–Kier alpha value is -8.64. The minimum atomic E-state index is -0.517. The number of hydrogen-bond acceptors (Lipinski definition) is 12. The van der Waals surface area contributed by atoms with E-state index in [1.165, 1.54) is 132 Å². The molecule has 0 radical (unpaired) electrons. The number of hydrogen-bond donors (Lipinski definition) is 0. The van der Waals surface area contributed by atoms with Crippen LogP contribution in [0, 0.1) is 0 Å². The van der Waals surface area contributed by atoms with E-state index in [-0.39, 0.29) is 45.4 Å². The van der Waals surface area contributed by atoms with E-state index in [1.54, 1.807) is 73.2 Å². The predicted molar refractivity (Wildman–Crippen MR) is 365 cm³/mol. The summed E-state index contributed by atoms with van der Waals surface area (Å²) in [7, 11) is 0. The lowest BCUT2D eigenvalue weighted by molar-refractivity contribution is 0.0416. The van der Waals surface area contributed by atoms with Crippen molar-refractivity contribution in [2.45, 2.75) is 156 Å². The zero-order valence-corrected chi connectivity index (χ0v) is 53.4. The molecule has 12 heteroatoms. The van der Waals surface area contributed by atoms with Crippen LogP contribution in [0.2, 0.25) is 0 Å². The van der Waals surface area contributed by atoms with Crippen LogP contribution in [0.25, 0.3) is 0 Å². The fourth-order valence-corrected chi connectivity index (χ4v) is 10.1. The van der Waals surface area contributed by atoms with Gasteiger partial charge in [-0.3, -0.25) is 15.0 Å². The second-order valence-electron chi connectivity index (χ2n) is 22.7. The third kappa shape index (κ3) is 25.8. The molecule has 7 aromatic rings. The van der Waals surface area contributed by atoms with Gasteiger partial charge in [0.15, 0.2) is 11.5 Å². The number of aliphatic imine (C=N–C) groups is 3. The van der Waals surface area contributed by atoms with E-state index in [1.807, 2.05) is 72.8 Å². The summed E-state index contributed by atoms with van der Waals surface area (Å²) in [4.78, 5) is 53.3. The molecule has 12 nitrogen and oxygen atoms in total. The van der Waals surface area contributed by atoms with Gasteiger partial charge in [0.1, 0.15) is 39.6 Å². The smallest absolute Gasteiger partial charge is 0.338 e. The second-order valence-corrected chi connectivity index (χ2v) is 22.7. The standard InChI is InChI=1S/C78H93N3O9/c1-4-7-10-13-16-19-23-61-34-46-70(47-35-61)79-58-64-28-40-67(41-29-64)76(82)88-55-52-85-73-26-22-27-74(86-53-56-89-77(83)68-42-30-65(31-43-68)59-80-71-48-36-62(37-49-71)24-20-17-14-11-8-5-2)75(73)87-54-57-90-78(84)69-44-32-66(33-45-69)60-81-72-50-38-63(39-51-72)25-21-18-15-12-9-6-3/h22,26-51,58-60H,4-21,23-25,52-57H2,1-3H3. The Bertz CT molecular complexity index is 3110. The van der Waals surface area contributed by atoms with Gasteiger partial charge in [-0.2, -0.15) is 0 Å². The average molecular weight is 1220 g/mol.